The van der Waals surface area contributed by atoms with Gasteiger partial charge in [-0.1, -0.05) is 6.92 Å². The first-order valence-corrected chi connectivity index (χ1v) is 8.45. The van der Waals surface area contributed by atoms with Crippen LogP contribution in [0.3, 0.4) is 0 Å². The molecule has 0 spiro atoms. The molecular formula is C14H23BrN2S. The van der Waals surface area contributed by atoms with Crippen molar-refractivity contribution in [3.63, 3.8) is 0 Å². The number of nitrogens with two attached hydrogens (primary N) is 1. The zero-order chi connectivity index (χ0) is 13.1. The van der Waals surface area contributed by atoms with E-state index in [1.54, 1.807) is 11.3 Å². The lowest BCUT2D eigenvalue weighted by atomic mass is 9.86. The summed E-state index contributed by atoms with van der Waals surface area (Å²) in [5.41, 5.74) is 6.01. The molecule has 1 atom stereocenters. The summed E-state index contributed by atoms with van der Waals surface area (Å²) in [6.45, 7) is 3.06. The number of hydrogen-bond donors (Lipinski definition) is 1. The highest BCUT2D eigenvalue weighted by molar-refractivity contribution is 9.10. The van der Waals surface area contributed by atoms with Crippen molar-refractivity contribution in [2.24, 2.45) is 11.7 Å². The molecule has 1 aliphatic rings. The van der Waals surface area contributed by atoms with Crippen LogP contribution in [0, 0.1) is 5.92 Å². The van der Waals surface area contributed by atoms with Crippen molar-refractivity contribution in [3.8, 4) is 0 Å². The smallest absolute Gasteiger partial charge is 0.0575 e. The number of nitrogens with zero attached hydrogens (tertiary/aromatic N) is 1. The second-order valence-corrected chi connectivity index (χ2v) is 7.27. The Morgan fingerprint density at radius 2 is 2.11 bits per heavy atom. The van der Waals surface area contributed by atoms with E-state index in [1.165, 1.54) is 35.0 Å². The molecule has 1 fully saturated rings. The van der Waals surface area contributed by atoms with E-state index in [1.807, 2.05) is 0 Å². The molecule has 18 heavy (non-hydrogen) atoms. The standard InChI is InChI=1S/C14H23BrN2S/c1-10-3-5-11(6-4-10)17(2)13(9-16)14-12(15)7-8-18-14/h7-8,10-11,13H,3-6,9,16H2,1-2H3. The summed E-state index contributed by atoms with van der Waals surface area (Å²) in [6, 6.07) is 3.18. The van der Waals surface area contributed by atoms with E-state index in [9.17, 15) is 0 Å². The maximum Gasteiger partial charge on any atom is 0.0575 e. The Balaban J connectivity index is 2.06. The van der Waals surface area contributed by atoms with Crippen LogP contribution in [0.1, 0.15) is 43.5 Å². The fourth-order valence-corrected chi connectivity index (χ4v) is 4.71. The van der Waals surface area contributed by atoms with Crippen molar-refractivity contribution in [1.29, 1.82) is 0 Å². The number of rotatable bonds is 4. The molecule has 0 amide bonds. The Bertz CT molecular complexity index is 372. The van der Waals surface area contributed by atoms with Crippen LogP contribution in [-0.4, -0.2) is 24.5 Å². The minimum absolute atomic E-state index is 0.359. The first-order valence-electron chi connectivity index (χ1n) is 6.78. The van der Waals surface area contributed by atoms with Crippen LogP contribution in [0.4, 0.5) is 0 Å². The molecule has 1 aromatic heterocycles. The highest BCUT2D eigenvalue weighted by Gasteiger charge is 2.28. The Morgan fingerprint density at radius 3 is 2.61 bits per heavy atom. The fourth-order valence-electron chi connectivity index (χ4n) is 2.91. The SMILES string of the molecule is CC1CCC(N(C)C(CN)c2sccc2Br)CC1. The molecule has 2 rings (SSSR count). The quantitative estimate of drug-likeness (QED) is 0.903. The lowest BCUT2D eigenvalue weighted by Crippen LogP contribution is -2.40. The molecule has 0 aromatic carbocycles. The Labute approximate surface area is 123 Å². The van der Waals surface area contributed by atoms with E-state index in [4.69, 9.17) is 5.73 Å². The van der Waals surface area contributed by atoms with Gasteiger partial charge in [0, 0.05) is 21.9 Å². The van der Waals surface area contributed by atoms with Crippen LogP contribution < -0.4 is 5.73 Å². The zero-order valence-corrected chi connectivity index (χ0v) is 13.6. The van der Waals surface area contributed by atoms with E-state index in [0.717, 1.165) is 5.92 Å². The zero-order valence-electron chi connectivity index (χ0n) is 11.2. The van der Waals surface area contributed by atoms with Crippen molar-refractivity contribution in [1.82, 2.24) is 4.90 Å². The predicted octanol–water partition coefficient (Wildman–Crippen LogP) is 4.02. The van der Waals surface area contributed by atoms with Gasteiger partial charge in [-0.2, -0.15) is 0 Å². The minimum Gasteiger partial charge on any atom is -0.329 e. The summed E-state index contributed by atoms with van der Waals surface area (Å²) < 4.78 is 1.21. The summed E-state index contributed by atoms with van der Waals surface area (Å²) in [7, 11) is 2.24. The Kier molecular flexibility index (Phi) is 5.24. The van der Waals surface area contributed by atoms with Gasteiger partial charge in [0.05, 0.1) is 6.04 Å². The van der Waals surface area contributed by atoms with Gasteiger partial charge < -0.3 is 5.73 Å². The van der Waals surface area contributed by atoms with E-state index in [2.05, 4.69) is 46.2 Å². The van der Waals surface area contributed by atoms with Gasteiger partial charge >= 0.3 is 0 Å². The second-order valence-electron chi connectivity index (χ2n) is 5.46. The van der Waals surface area contributed by atoms with Gasteiger partial charge in [-0.05, 0) is 66.0 Å². The summed E-state index contributed by atoms with van der Waals surface area (Å²) in [6.07, 6.45) is 5.35. The molecule has 0 saturated heterocycles. The fraction of sp³-hybridized carbons (Fsp3) is 0.714. The van der Waals surface area contributed by atoms with Gasteiger partial charge in [-0.15, -0.1) is 11.3 Å². The highest BCUT2D eigenvalue weighted by Crippen LogP contribution is 2.35. The molecule has 2 nitrogen and oxygen atoms in total. The molecule has 4 heteroatoms. The molecule has 0 aliphatic heterocycles. The topological polar surface area (TPSA) is 29.3 Å². The molecular weight excluding hydrogens is 308 g/mol. The van der Waals surface area contributed by atoms with Gasteiger partial charge in [-0.3, -0.25) is 4.90 Å². The first kappa shape index (κ1) is 14.5. The molecule has 1 aliphatic carbocycles. The van der Waals surface area contributed by atoms with Crippen molar-refractivity contribution in [2.45, 2.75) is 44.7 Å². The maximum absolute atomic E-state index is 6.01. The van der Waals surface area contributed by atoms with E-state index in [-0.39, 0.29) is 0 Å². The Morgan fingerprint density at radius 1 is 1.44 bits per heavy atom. The molecule has 102 valence electrons. The van der Waals surface area contributed by atoms with Gasteiger partial charge in [0.2, 0.25) is 0 Å². The minimum atomic E-state index is 0.359. The van der Waals surface area contributed by atoms with Crippen LogP contribution in [0.25, 0.3) is 0 Å². The average molecular weight is 331 g/mol. The van der Waals surface area contributed by atoms with E-state index in [0.29, 0.717) is 18.6 Å². The third kappa shape index (κ3) is 3.16. The summed E-state index contributed by atoms with van der Waals surface area (Å²) in [5.74, 6) is 0.902. The molecule has 0 bridgehead atoms. The lowest BCUT2D eigenvalue weighted by Gasteiger charge is -2.38. The van der Waals surface area contributed by atoms with Crippen molar-refractivity contribution in [3.05, 3.63) is 20.8 Å². The molecule has 2 N–H and O–H groups in total. The van der Waals surface area contributed by atoms with Crippen LogP contribution in [-0.2, 0) is 0 Å². The number of likely N-dealkylation sites (N-methyl/N-ethyl adjacent to an activating group) is 1. The van der Waals surface area contributed by atoms with Crippen molar-refractivity contribution < 1.29 is 0 Å². The number of thiophene rings is 1. The second kappa shape index (κ2) is 6.51. The predicted molar refractivity (Wildman–Crippen MR) is 83.0 cm³/mol. The van der Waals surface area contributed by atoms with Gasteiger partial charge in [0.25, 0.3) is 0 Å². The first-order chi connectivity index (χ1) is 8.63. The molecule has 0 radical (unpaired) electrons. The summed E-state index contributed by atoms with van der Waals surface area (Å²) in [5, 5.41) is 2.14. The van der Waals surface area contributed by atoms with Crippen LogP contribution in [0.15, 0.2) is 15.9 Å². The van der Waals surface area contributed by atoms with Gasteiger partial charge in [0.1, 0.15) is 0 Å². The normalized spacial score (nSPS) is 26.5. The summed E-state index contributed by atoms with van der Waals surface area (Å²) in [4.78, 5) is 3.88. The Hall–Kier alpha value is 0.100. The largest absolute Gasteiger partial charge is 0.329 e. The molecule has 1 heterocycles. The maximum atomic E-state index is 6.01. The molecule has 1 aromatic rings. The number of hydrogen-bond acceptors (Lipinski definition) is 3. The molecule has 1 saturated carbocycles. The number of halogens is 1. The monoisotopic (exact) mass is 330 g/mol. The van der Waals surface area contributed by atoms with Crippen LogP contribution >= 0.6 is 27.3 Å². The van der Waals surface area contributed by atoms with E-state index < -0.39 is 0 Å². The third-order valence-electron chi connectivity index (χ3n) is 4.22. The van der Waals surface area contributed by atoms with Gasteiger partial charge in [-0.25, -0.2) is 0 Å². The van der Waals surface area contributed by atoms with Gasteiger partial charge in [0.15, 0.2) is 0 Å². The lowest BCUT2D eigenvalue weighted by molar-refractivity contribution is 0.127. The van der Waals surface area contributed by atoms with Crippen molar-refractivity contribution in [2.75, 3.05) is 13.6 Å². The highest BCUT2D eigenvalue weighted by atomic mass is 79.9. The summed E-state index contributed by atoms with van der Waals surface area (Å²) >= 11 is 5.44. The molecule has 1 unspecified atom stereocenters. The average Bonchev–Trinajstić information content (AvgIpc) is 2.78. The van der Waals surface area contributed by atoms with Crippen molar-refractivity contribution >= 4 is 27.3 Å². The van der Waals surface area contributed by atoms with Crippen LogP contribution in [0.2, 0.25) is 0 Å². The van der Waals surface area contributed by atoms with E-state index >= 15 is 0 Å². The van der Waals surface area contributed by atoms with Crippen LogP contribution in [0.5, 0.6) is 0 Å². The third-order valence-corrected chi connectivity index (χ3v) is 6.20.